The van der Waals surface area contributed by atoms with Gasteiger partial charge >= 0.3 is 12.3 Å². The lowest BCUT2D eigenvalue weighted by Gasteiger charge is -2.40. The molecule has 1 aliphatic rings. The van der Waals surface area contributed by atoms with Crippen LogP contribution >= 0.6 is 0 Å². The molecule has 0 saturated heterocycles. The summed E-state index contributed by atoms with van der Waals surface area (Å²) in [5.41, 5.74) is 2.16. The van der Waals surface area contributed by atoms with Crippen LogP contribution in [0.25, 0.3) is 11.0 Å². The number of benzene rings is 2. The predicted molar refractivity (Wildman–Crippen MR) is 147 cm³/mol. The molecule has 0 unspecified atom stereocenters. The number of amides is 1. The second-order valence-electron chi connectivity index (χ2n) is 11.3. The molecule has 1 aliphatic carbocycles. The number of alkyl halides is 3. The third kappa shape index (κ3) is 7.83. The van der Waals surface area contributed by atoms with Crippen molar-refractivity contribution in [3.05, 3.63) is 42.5 Å². The Balaban J connectivity index is 1.61. The molecule has 0 bridgehead atoms. The van der Waals surface area contributed by atoms with Gasteiger partial charge in [0.2, 0.25) is 5.95 Å². The van der Waals surface area contributed by atoms with Gasteiger partial charge in [0, 0.05) is 24.8 Å². The lowest BCUT2D eigenvalue weighted by Crippen LogP contribution is -2.35. The van der Waals surface area contributed by atoms with Crippen LogP contribution in [-0.2, 0) is 14.3 Å². The molecule has 222 valence electrons. The first-order valence-electron chi connectivity index (χ1n) is 13.3. The highest BCUT2D eigenvalue weighted by molar-refractivity contribution is 5.84. The molecule has 2 aromatic carbocycles. The van der Waals surface area contributed by atoms with Crippen molar-refractivity contribution in [1.29, 1.82) is 0 Å². The second-order valence-corrected chi connectivity index (χ2v) is 11.3. The number of halogens is 3. The molecule has 1 fully saturated rings. The molecule has 12 heteroatoms. The van der Waals surface area contributed by atoms with Crippen molar-refractivity contribution >= 4 is 34.5 Å². The Labute approximate surface area is 236 Å². The summed E-state index contributed by atoms with van der Waals surface area (Å²) in [5.74, 6) is 0.233. The Bertz CT molecular complexity index is 1390. The van der Waals surface area contributed by atoms with Crippen LogP contribution in [0, 0.1) is 11.3 Å². The number of esters is 1. The summed E-state index contributed by atoms with van der Waals surface area (Å²) in [6.07, 6.45) is -1.79. The van der Waals surface area contributed by atoms with E-state index in [0.29, 0.717) is 28.8 Å². The Morgan fingerprint density at radius 2 is 1.80 bits per heavy atom. The van der Waals surface area contributed by atoms with E-state index in [1.807, 2.05) is 6.07 Å². The van der Waals surface area contributed by atoms with Gasteiger partial charge in [0.25, 0.3) is 5.91 Å². The number of anilines is 2. The number of ether oxygens (including phenoxy) is 3. The van der Waals surface area contributed by atoms with Crippen molar-refractivity contribution in [1.82, 2.24) is 14.5 Å². The highest BCUT2D eigenvalue weighted by atomic mass is 19.4. The van der Waals surface area contributed by atoms with Crippen molar-refractivity contribution < 1.29 is 37.0 Å². The van der Waals surface area contributed by atoms with E-state index >= 15 is 0 Å². The number of likely N-dealkylation sites (N-methyl/N-ethyl adjacent to an activating group) is 1. The zero-order valence-electron chi connectivity index (χ0n) is 23.7. The maximum atomic E-state index is 12.6. The maximum Gasteiger partial charge on any atom is 0.573 e. The first-order chi connectivity index (χ1) is 19.2. The molecule has 2 atom stereocenters. The number of carbonyl (C=O) groups is 2. The number of rotatable bonds is 9. The molecule has 1 heterocycles. The van der Waals surface area contributed by atoms with Crippen LogP contribution in [-0.4, -0.2) is 60.0 Å². The Morgan fingerprint density at radius 3 is 2.44 bits per heavy atom. The van der Waals surface area contributed by atoms with E-state index in [1.54, 1.807) is 12.1 Å². The number of carbonyl (C=O) groups excluding carboxylic acids is 2. The summed E-state index contributed by atoms with van der Waals surface area (Å²) < 4.78 is 54.2. The SMILES string of the molecule is COC(=O)CN(C)C(=O)COc1ccc2c(c1)nc(Nc1ccc(OC(F)(F)F)cc1)n2[C@H]1C[C@@H](C)CC(C)(C)C1. The standard InChI is InChI=1S/C29H35F3N4O5/c1-18-12-20(15-28(2,3)14-18)36-24-11-10-22(40-17-25(37)35(4)16-26(38)39-5)13-23(24)34-27(36)33-19-6-8-21(9-7-19)41-29(30,31)32/h6-11,13,18,20H,12,14-17H2,1-5H3,(H,33,34)/t18-,20+/m1/s1. The smallest absolute Gasteiger partial charge is 0.484 e. The second kappa shape index (κ2) is 11.9. The van der Waals surface area contributed by atoms with Crippen LogP contribution < -0.4 is 14.8 Å². The highest BCUT2D eigenvalue weighted by Crippen LogP contribution is 2.46. The Kier molecular flexibility index (Phi) is 8.69. The molecule has 9 nitrogen and oxygen atoms in total. The first-order valence-corrected chi connectivity index (χ1v) is 13.3. The van der Waals surface area contributed by atoms with Gasteiger partial charge in [-0.05, 0) is 67.0 Å². The molecule has 0 spiro atoms. The van der Waals surface area contributed by atoms with Gasteiger partial charge in [0.15, 0.2) is 6.61 Å². The molecule has 41 heavy (non-hydrogen) atoms. The van der Waals surface area contributed by atoms with Crippen LogP contribution in [0.5, 0.6) is 11.5 Å². The molecule has 1 saturated carbocycles. The van der Waals surface area contributed by atoms with E-state index in [2.05, 4.69) is 40.1 Å². The van der Waals surface area contributed by atoms with Crippen molar-refractivity contribution in [2.75, 3.05) is 32.6 Å². The van der Waals surface area contributed by atoms with Crippen LogP contribution in [0.4, 0.5) is 24.8 Å². The Hall–Kier alpha value is -3.96. The molecule has 4 rings (SSSR count). The largest absolute Gasteiger partial charge is 0.573 e. The van der Waals surface area contributed by atoms with Crippen LogP contribution in [0.2, 0.25) is 0 Å². The molecule has 1 amide bonds. The molecule has 0 aliphatic heterocycles. The van der Waals surface area contributed by atoms with Gasteiger partial charge in [0.1, 0.15) is 18.0 Å². The summed E-state index contributed by atoms with van der Waals surface area (Å²) in [5, 5.41) is 3.27. The minimum atomic E-state index is -4.77. The van der Waals surface area contributed by atoms with E-state index in [1.165, 1.54) is 43.3 Å². The summed E-state index contributed by atoms with van der Waals surface area (Å²) >= 11 is 0. The van der Waals surface area contributed by atoms with Gasteiger partial charge in [-0.2, -0.15) is 0 Å². The third-order valence-corrected chi connectivity index (χ3v) is 7.12. The van der Waals surface area contributed by atoms with Gasteiger partial charge in [-0.3, -0.25) is 9.59 Å². The summed E-state index contributed by atoms with van der Waals surface area (Å²) in [7, 11) is 2.74. The first kappa shape index (κ1) is 30.0. The van der Waals surface area contributed by atoms with E-state index in [0.717, 1.165) is 24.8 Å². The molecule has 1 aromatic heterocycles. The monoisotopic (exact) mass is 576 g/mol. The Morgan fingerprint density at radius 1 is 1.12 bits per heavy atom. The molecular formula is C29H35F3N4O5. The maximum absolute atomic E-state index is 12.6. The fraction of sp³-hybridized carbons (Fsp3) is 0.483. The van der Waals surface area contributed by atoms with Crippen LogP contribution in [0.15, 0.2) is 42.5 Å². The van der Waals surface area contributed by atoms with Crippen molar-refractivity contribution in [2.24, 2.45) is 11.3 Å². The molecule has 1 N–H and O–H groups in total. The number of fused-ring (bicyclic) bond motifs is 1. The predicted octanol–water partition coefficient (Wildman–Crippen LogP) is 6.08. The van der Waals surface area contributed by atoms with Crippen LogP contribution in [0.3, 0.4) is 0 Å². The zero-order valence-corrected chi connectivity index (χ0v) is 23.7. The van der Waals surface area contributed by atoms with Crippen LogP contribution in [0.1, 0.15) is 46.1 Å². The summed E-state index contributed by atoms with van der Waals surface area (Å²) in [4.78, 5) is 29.9. The number of aromatic nitrogens is 2. The van der Waals surface area contributed by atoms with Crippen molar-refractivity contribution in [3.63, 3.8) is 0 Å². The lowest BCUT2D eigenvalue weighted by atomic mass is 9.70. The highest BCUT2D eigenvalue weighted by Gasteiger charge is 2.35. The zero-order chi connectivity index (χ0) is 29.9. The molecular weight excluding hydrogens is 541 g/mol. The number of hydrogen-bond donors (Lipinski definition) is 1. The minimum Gasteiger partial charge on any atom is -0.484 e. The van der Waals surface area contributed by atoms with E-state index < -0.39 is 12.3 Å². The van der Waals surface area contributed by atoms with Gasteiger partial charge in [-0.1, -0.05) is 20.8 Å². The van der Waals surface area contributed by atoms with E-state index in [-0.39, 0.29) is 36.3 Å². The fourth-order valence-electron chi connectivity index (χ4n) is 5.59. The van der Waals surface area contributed by atoms with Crippen molar-refractivity contribution in [3.8, 4) is 11.5 Å². The fourth-order valence-corrected chi connectivity index (χ4v) is 5.59. The summed E-state index contributed by atoms with van der Waals surface area (Å²) in [6.45, 7) is 6.28. The molecule has 0 radical (unpaired) electrons. The van der Waals surface area contributed by atoms with E-state index in [9.17, 15) is 22.8 Å². The number of imidazole rings is 1. The normalized spacial score (nSPS) is 18.5. The van der Waals surface area contributed by atoms with Gasteiger partial charge in [0.05, 0.1) is 18.1 Å². The van der Waals surface area contributed by atoms with Gasteiger partial charge in [-0.15, -0.1) is 13.2 Å². The number of hydrogen-bond acceptors (Lipinski definition) is 7. The summed E-state index contributed by atoms with van der Waals surface area (Å²) in [6, 6.07) is 11.0. The minimum absolute atomic E-state index is 0.117. The lowest BCUT2D eigenvalue weighted by molar-refractivity contribution is -0.274. The van der Waals surface area contributed by atoms with Gasteiger partial charge in [-0.25, -0.2) is 4.98 Å². The average molecular weight is 577 g/mol. The van der Waals surface area contributed by atoms with Gasteiger partial charge < -0.3 is 29.0 Å². The number of nitrogens with one attached hydrogen (secondary N) is 1. The topological polar surface area (TPSA) is 94.9 Å². The third-order valence-electron chi connectivity index (χ3n) is 7.12. The van der Waals surface area contributed by atoms with E-state index in [4.69, 9.17) is 9.72 Å². The number of methoxy groups -OCH3 is 1. The average Bonchev–Trinajstić information content (AvgIpc) is 3.23. The molecule has 3 aromatic rings. The van der Waals surface area contributed by atoms with Crippen molar-refractivity contribution in [2.45, 2.75) is 52.4 Å². The number of nitrogens with zero attached hydrogens (tertiary/aromatic N) is 3. The quantitative estimate of drug-likeness (QED) is 0.309.